The van der Waals surface area contributed by atoms with Gasteiger partial charge < -0.3 is 10.1 Å². The Morgan fingerprint density at radius 3 is 1.96 bits per heavy atom. The van der Waals surface area contributed by atoms with Gasteiger partial charge in [-0.3, -0.25) is 0 Å². The second-order valence-corrected chi connectivity index (χ2v) is 12.7. The number of aromatic nitrogens is 2. The summed E-state index contributed by atoms with van der Waals surface area (Å²) in [6, 6.07) is 50.0. The summed E-state index contributed by atoms with van der Waals surface area (Å²) in [6.45, 7) is 0.206. The molecule has 7 aromatic rings. The van der Waals surface area contributed by atoms with Crippen LogP contribution in [0, 0.1) is 5.82 Å². The minimum Gasteiger partial charge on any atom is -0.487 e. The smallest absolute Gasteiger partial charge is 0.141 e. The van der Waals surface area contributed by atoms with Crippen molar-refractivity contribution in [3.63, 3.8) is 0 Å². The monoisotopic (exact) mass is 653 g/mol. The number of nitrogens with one attached hydrogen (secondary N) is 1. The zero-order valence-electron chi connectivity index (χ0n) is 25.2. The zero-order chi connectivity index (χ0) is 32.1. The van der Waals surface area contributed by atoms with Crippen LogP contribution in [0.15, 0.2) is 163 Å². The Balaban J connectivity index is 1.23. The van der Waals surface area contributed by atoms with Crippen LogP contribution < -0.4 is 10.1 Å². The van der Waals surface area contributed by atoms with Crippen LogP contribution in [-0.4, -0.2) is 9.97 Å². The number of anilines is 2. The van der Waals surface area contributed by atoms with Crippen LogP contribution >= 0.6 is 23.4 Å². The van der Waals surface area contributed by atoms with Crippen LogP contribution in [0.3, 0.4) is 0 Å². The summed E-state index contributed by atoms with van der Waals surface area (Å²) < 4.78 is 18.9. The van der Waals surface area contributed by atoms with Crippen LogP contribution in [0.4, 0.5) is 15.9 Å². The van der Waals surface area contributed by atoms with Crippen molar-refractivity contribution in [1.29, 1.82) is 0 Å². The van der Waals surface area contributed by atoms with Gasteiger partial charge in [0.1, 0.15) is 30.3 Å². The number of ether oxygens (including phenoxy) is 1. The van der Waals surface area contributed by atoms with Crippen LogP contribution in [0.5, 0.6) is 5.75 Å². The molecule has 0 bridgehead atoms. The molecule has 7 heteroatoms. The van der Waals surface area contributed by atoms with E-state index in [1.54, 1.807) is 36.3 Å². The molecule has 0 amide bonds. The predicted molar refractivity (Wildman–Crippen MR) is 190 cm³/mol. The molecule has 0 aliphatic rings. The molecule has 47 heavy (non-hydrogen) atoms. The number of hydrogen-bond acceptors (Lipinski definition) is 5. The van der Waals surface area contributed by atoms with Gasteiger partial charge in [-0.15, -0.1) is 11.8 Å². The first-order chi connectivity index (χ1) is 23.1. The van der Waals surface area contributed by atoms with Crippen molar-refractivity contribution >= 4 is 45.8 Å². The topological polar surface area (TPSA) is 47.0 Å². The van der Waals surface area contributed by atoms with Crippen molar-refractivity contribution in [1.82, 2.24) is 9.97 Å². The summed E-state index contributed by atoms with van der Waals surface area (Å²) in [5, 5.41) is 4.74. The molecule has 6 aromatic carbocycles. The van der Waals surface area contributed by atoms with Crippen LogP contribution in [0.25, 0.3) is 10.9 Å². The van der Waals surface area contributed by atoms with Gasteiger partial charge >= 0.3 is 0 Å². The molecule has 0 radical (unpaired) electrons. The lowest BCUT2D eigenvalue weighted by atomic mass is 9.84. The van der Waals surface area contributed by atoms with E-state index in [0.717, 1.165) is 27.0 Å². The molecule has 230 valence electrons. The van der Waals surface area contributed by atoms with E-state index in [-0.39, 0.29) is 12.4 Å². The summed E-state index contributed by atoms with van der Waals surface area (Å²) in [5.74, 6) is 0.861. The minimum atomic E-state index is -0.518. The normalized spacial score (nSPS) is 11.4. The summed E-state index contributed by atoms with van der Waals surface area (Å²) in [4.78, 5) is 10.2. The van der Waals surface area contributed by atoms with E-state index in [2.05, 4.69) is 118 Å². The second kappa shape index (κ2) is 13.7. The highest BCUT2D eigenvalue weighted by atomic mass is 35.5. The average molecular weight is 654 g/mol. The average Bonchev–Trinajstić information content (AvgIpc) is 3.12. The Labute approximate surface area is 282 Å². The van der Waals surface area contributed by atoms with Crippen molar-refractivity contribution in [2.45, 2.75) is 16.2 Å². The number of halogens is 2. The van der Waals surface area contributed by atoms with E-state index in [0.29, 0.717) is 16.6 Å². The zero-order valence-corrected chi connectivity index (χ0v) is 26.8. The quantitative estimate of drug-likeness (QED) is 0.118. The molecular formula is C40H29ClFN3OS. The second-order valence-electron chi connectivity index (χ2n) is 11.0. The first kappa shape index (κ1) is 30.5. The molecule has 0 aliphatic carbocycles. The molecule has 0 aliphatic heterocycles. The summed E-state index contributed by atoms with van der Waals surface area (Å²) >= 11 is 8.40. The highest BCUT2D eigenvalue weighted by molar-refractivity contribution is 8.00. The molecule has 0 saturated carbocycles. The highest BCUT2D eigenvalue weighted by Gasteiger charge is 2.37. The van der Waals surface area contributed by atoms with E-state index in [1.807, 2.05) is 18.2 Å². The molecule has 0 spiro atoms. The van der Waals surface area contributed by atoms with Gasteiger partial charge in [0.15, 0.2) is 0 Å². The van der Waals surface area contributed by atoms with Gasteiger partial charge in [-0.2, -0.15) is 0 Å². The first-order valence-electron chi connectivity index (χ1n) is 15.1. The Kier molecular flexibility index (Phi) is 8.87. The summed E-state index contributed by atoms with van der Waals surface area (Å²) in [6.07, 6.45) is 1.55. The maximum absolute atomic E-state index is 13.6. The van der Waals surface area contributed by atoms with Gasteiger partial charge in [-0.1, -0.05) is 115 Å². The van der Waals surface area contributed by atoms with Gasteiger partial charge in [0.25, 0.3) is 0 Å². The summed E-state index contributed by atoms with van der Waals surface area (Å²) in [5.41, 5.74) is 5.83. The van der Waals surface area contributed by atoms with Crippen LogP contribution in [-0.2, 0) is 11.4 Å². The first-order valence-corrected chi connectivity index (χ1v) is 16.3. The Hall–Kier alpha value is -5.17. The van der Waals surface area contributed by atoms with Gasteiger partial charge in [0, 0.05) is 16.0 Å². The van der Waals surface area contributed by atoms with Crippen molar-refractivity contribution in [2.24, 2.45) is 0 Å². The van der Waals surface area contributed by atoms with E-state index in [9.17, 15) is 4.39 Å². The number of hydrogen-bond donors (Lipinski definition) is 1. The van der Waals surface area contributed by atoms with E-state index >= 15 is 0 Å². The Bertz CT molecular complexity index is 2040. The van der Waals surface area contributed by atoms with Gasteiger partial charge in [0.05, 0.1) is 15.3 Å². The van der Waals surface area contributed by atoms with Crippen LogP contribution in [0.1, 0.15) is 22.3 Å². The number of benzene rings is 6. The number of rotatable bonds is 10. The number of fused-ring (bicyclic) bond motifs is 1. The predicted octanol–water partition coefficient (Wildman–Crippen LogP) is 10.8. The lowest BCUT2D eigenvalue weighted by molar-refractivity contribution is 0.306. The van der Waals surface area contributed by atoms with Gasteiger partial charge in [-0.05, 0) is 70.8 Å². The molecule has 0 saturated heterocycles. The Morgan fingerprint density at radius 2 is 1.34 bits per heavy atom. The molecule has 0 fully saturated rings. The van der Waals surface area contributed by atoms with E-state index in [4.69, 9.17) is 16.3 Å². The fourth-order valence-electron chi connectivity index (χ4n) is 5.69. The lowest BCUT2D eigenvalue weighted by Crippen LogP contribution is -2.25. The van der Waals surface area contributed by atoms with Crippen LogP contribution in [0.2, 0.25) is 5.02 Å². The molecule has 1 heterocycles. The fourth-order valence-corrected chi connectivity index (χ4v) is 7.35. The Morgan fingerprint density at radius 1 is 0.681 bits per heavy atom. The third-order valence-electron chi connectivity index (χ3n) is 7.90. The summed E-state index contributed by atoms with van der Waals surface area (Å²) in [7, 11) is 0. The standard InChI is InChI=1S/C40H29ClFN3OS/c41-36-24-33(19-22-38(36)46-26-28-11-10-18-32(42)23-28)45-39-35-25-34(20-21-37(35)43-27-44-39)47-40(29-12-4-1-5-13-29,30-14-6-2-7-15-30)31-16-8-3-9-17-31/h1-25,27H,26H2,(H,43,44,45). The van der Waals surface area contributed by atoms with Gasteiger partial charge in [0.2, 0.25) is 0 Å². The maximum atomic E-state index is 13.6. The molecule has 4 nitrogen and oxygen atoms in total. The van der Waals surface area contributed by atoms with Crippen molar-refractivity contribution in [3.05, 3.63) is 191 Å². The molecule has 7 rings (SSSR count). The maximum Gasteiger partial charge on any atom is 0.141 e. The SMILES string of the molecule is Fc1cccc(COc2ccc(Nc3ncnc4ccc(SC(c5ccccc5)(c5ccccc5)c5ccccc5)cc34)cc2Cl)c1. The fraction of sp³-hybridized carbons (Fsp3) is 0.0500. The number of thioether (sulfide) groups is 1. The molecule has 0 atom stereocenters. The molecule has 0 unspecified atom stereocenters. The third-order valence-corrected chi connectivity index (χ3v) is 9.69. The minimum absolute atomic E-state index is 0.206. The number of nitrogens with zero attached hydrogens (tertiary/aromatic N) is 2. The third kappa shape index (κ3) is 6.57. The molecular weight excluding hydrogens is 625 g/mol. The van der Waals surface area contributed by atoms with E-state index in [1.165, 1.54) is 28.8 Å². The van der Waals surface area contributed by atoms with Crippen molar-refractivity contribution in [2.75, 3.05) is 5.32 Å². The van der Waals surface area contributed by atoms with Gasteiger partial charge in [-0.25, -0.2) is 14.4 Å². The van der Waals surface area contributed by atoms with Crippen molar-refractivity contribution < 1.29 is 9.13 Å². The van der Waals surface area contributed by atoms with Crippen molar-refractivity contribution in [3.8, 4) is 5.75 Å². The largest absolute Gasteiger partial charge is 0.487 e. The van der Waals surface area contributed by atoms with E-state index < -0.39 is 4.75 Å². The molecule has 1 aromatic heterocycles. The lowest BCUT2D eigenvalue weighted by Gasteiger charge is -2.35. The molecule has 1 N–H and O–H groups in total. The highest BCUT2D eigenvalue weighted by Crippen LogP contribution is 2.52.